The van der Waals surface area contributed by atoms with Gasteiger partial charge >= 0.3 is 0 Å². The number of imidazole rings is 1. The molecule has 2 aromatic rings. The first-order chi connectivity index (χ1) is 6.81. The van der Waals surface area contributed by atoms with Gasteiger partial charge in [0.2, 0.25) is 0 Å². The van der Waals surface area contributed by atoms with Gasteiger partial charge in [-0.2, -0.15) is 0 Å². The third-order valence-electron chi connectivity index (χ3n) is 2.26. The molecule has 1 aromatic heterocycles. The summed E-state index contributed by atoms with van der Waals surface area (Å²) in [7, 11) is 0. The molecule has 3 nitrogen and oxygen atoms in total. The maximum atomic E-state index is 5.62. The topological polar surface area (TPSA) is 54.7 Å². The SMILES string of the molecule is CCc1[nH]cnc1-c1ccc(N)cc1. The van der Waals surface area contributed by atoms with E-state index in [9.17, 15) is 0 Å². The zero-order chi connectivity index (χ0) is 9.97. The molecule has 3 N–H and O–H groups in total. The van der Waals surface area contributed by atoms with E-state index < -0.39 is 0 Å². The van der Waals surface area contributed by atoms with E-state index in [1.807, 2.05) is 24.3 Å². The van der Waals surface area contributed by atoms with Crippen LogP contribution in [0.15, 0.2) is 30.6 Å². The summed E-state index contributed by atoms with van der Waals surface area (Å²) in [6, 6.07) is 7.77. The molecule has 0 spiro atoms. The first kappa shape index (κ1) is 8.81. The fourth-order valence-corrected chi connectivity index (χ4v) is 1.48. The molecule has 14 heavy (non-hydrogen) atoms. The molecule has 0 amide bonds. The molecular formula is C11H13N3. The number of nitrogens with one attached hydrogen (secondary N) is 1. The maximum Gasteiger partial charge on any atom is 0.0929 e. The highest BCUT2D eigenvalue weighted by Gasteiger charge is 2.05. The minimum atomic E-state index is 0.780. The number of nitrogens with zero attached hydrogens (tertiary/aromatic N) is 1. The lowest BCUT2D eigenvalue weighted by Gasteiger charge is -2.00. The fraction of sp³-hybridized carbons (Fsp3) is 0.182. The molecule has 3 heteroatoms. The van der Waals surface area contributed by atoms with Crippen LogP contribution in [0.4, 0.5) is 5.69 Å². The van der Waals surface area contributed by atoms with Gasteiger partial charge in [0, 0.05) is 16.9 Å². The summed E-state index contributed by atoms with van der Waals surface area (Å²) in [5.41, 5.74) is 9.69. The molecule has 0 bridgehead atoms. The highest BCUT2D eigenvalue weighted by atomic mass is 14.9. The van der Waals surface area contributed by atoms with E-state index in [0.29, 0.717) is 0 Å². The van der Waals surface area contributed by atoms with E-state index in [1.54, 1.807) is 6.33 Å². The summed E-state index contributed by atoms with van der Waals surface area (Å²) in [5.74, 6) is 0. The summed E-state index contributed by atoms with van der Waals surface area (Å²) in [5, 5.41) is 0. The van der Waals surface area contributed by atoms with Gasteiger partial charge in [0.05, 0.1) is 12.0 Å². The van der Waals surface area contributed by atoms with E-state index in [0.717, 1.165) is 29.1 Å². The Bertz CT molecular complexity index is 414. The number of aromatic amines is 1. The summed E-state index contributed by atoms with van der Waals surface area (Å²) in [6.07, 6.45) is 2.68. The predicted octanol–water partition coefficient (Wildman–Crippen LogP) is 2.22. The van der Waals surface area contributed by atoms with Crippen LogP contribution in [0.3, 0.4) is 0 Å². The maximum absolute atomic E-state index is 5.62. The van der Waals surface area contributed by atoms with Gasteiger partial charge in [-0.25, -0.2) is 4.98 Å². The van der Waals surface area contributed by atoms with Crippen LogP contribution in [0.1, 0.15) is 12.6 Å². The Labute approximate surface area is 83.0 Å². The number of hydrogen-bond acceptors (Lipinski definition) is 2. The number of hydrogen-bond donors (Lipinski definition) is 2. The van der Waals surface area contributed by atoms with Gasteiger partial charge in [-0.1, -0.05) is 19.1 Å². The molecular weight excluding hydrogens is 174 g/mol. The number of aryl methyl sites for hydroxylation is 1. The summed E-state index contributed by atoms with van der Waals surface area (Å²) in [6.45, 7) is 2.11. The van der Waals surface area contributed by atoms with Gasteiger partial charge in [-0.15, -0.1) is 0 Å². The fourth-order valence-electron chi connectivity index (χ4n) is 1.48. The number of anilines is 1. The summed E-state index contributed by atoms with van der Waals surface area (Å²) >= 11 is 0. The molecule has 0 fully saturated rings. The molecule has 0 unspecified atom stereocenters. The molecule has 1 heterocycles. The molecule has 0 radical (unpaired) electrons. The number of aromatic nitrogens is 2. The van der Waals surface area contributed by atoms with Crippen LogP contribution in [-0.4, -0.2) is 9.97 Å². The van der Waals surface area contributed by atoms with Crippen molar-refractivity contribution in [3.63, 3.8) is 0 Å². The second-order valence-corrected chi connectivity index (χ2v) is 3.21. The third kappa shape index (κ3) is 1.48. The van der Waals surface area contributed by atoms with Crippen molar-refractivity contribution in [2.75, 3.05) is 5.73 Å². The number of rotatable bonds is 2. The molecule has 72 valence electrons. The molecule has 1 aromatic carbocycles. The second-order valence-electron chi connectivity index (χ2n) is 3.21. The van der Waals surface area contributed by atoms with E-state index in [-0.39, 0.29) is 0 Å². The van der Waals surface area contributed by atoms with Crippen LogP contribution in [0.5, 0.6) is 0 Å². The van der Waals surface area contributed by atoms with Crippen molar-refractivity contribution in [1.82, 2.24) is 9.97 Å². The lowest BCUT2D eigenvalue weighted by atomic mass is 10.1. The predicted molar refractivity (Wildman–Crippen MR) is 57.8 cm³/mol. The zero-order valence-electron chi connectivity index (χ0n) is 8.12. The minimum Gasteiger partial charge on any atom is -0.399 e. The van der Waals surface area contributed by atoms with Gasteiger partial charge in [-0.05, 0) is 18.6 Å². The van der Waals surface area contributed by atoms with Crippen LogP contribution in [0.2, 0.25) is 0 Å². The highest BCUT2D eigenvalue weighted by Crippen LogP contribution is 2.21. The van der Waals surface area contributed by atoms with Crippen molar-refractivity contribution >= 4 is 5.69 Å². The molecule has 0 aliphatic rings. The van der Waals surface area contributed by atoms with E-state index in [2.05, 4.69) is 16.9 Å². The van der Waals surface area contributed by atoms with Crippen LogP contribution >= 0.6 is 0 Å². The van der Waals surface area contributed by atoms with Crippen molar-refractivity contribution in [3.8, 4) is 11.3 Å². The number of benzene rings is 1. The number of nitrogen functional groups attached to an aromatic ring is 1. The zero-order valence-corrected chi connectivity index (χ0v) is 8.12. The first-order valence-corrected chi connectivity index (χ1v) is 4.69. The normalized spacial score (nSPS) is 10.4. The first-order valence-electron chi connectivity index (χ1n) is 4.69. The largest absolute Gasteiger partial charge is 0.399 e. The lowest BCUT2D eigenvalue weighted by molar-refractivity contribution is 1.07. The molecule has 0 saturated heterocycles. The van der Waals surface area contributed by atoms with E-state index in [4.69, 9.17) is 5.73 Å². The van der Waals surface area contributed by atoms with Crippen molar-refractivity contribution in [2.45, 2.75) is 13.3 Å². The van der Waals surface area contributed by atoms with Crippen LogP contribution < -0.4 is 5.73 Å². The molecule has 0 saturated carbocycles. The van der Waals surface area contributed by atoms with Crippen LogP contribution in [-0.2, 0) is 6.42 Å². The van der Waals surface area contributed by atoms with Crippen molar-refractivity contribution in [3.05, 3.63) is 36.3 Å². The highest BCUT2D eigenvalue weighted by molar-refractivity contribution is 5.63. The Morgan fingerprint density at radius 1 is 1.29 bits per heavy atom. The second kappa shape index (κ2) is 3.54. The Morgan fingerprint density at radius 3 is 2.64 bits per heavy atom. The van der Waals surface area contributed by atoms with E-state index in [1.165, 1.54) is 0 Å². The van der Waals surface area contributed by atoms with Crippen molar-refractivity contribution in [1.29, 1.82) is 0 Å². The van der Waals surface area contributed by atoms with Crippen molar-refractivity contribution < 1.29 is 0 Å². The Balaban J connectivity index is 2.44. The smallest absolute Gasteiger partial charge is 0.0929 e. The van der Waals surface area contributed by atoms with E-state index >= 15 is 0 Å². The third-order valence-corrected chi connectivity index (χ3v) is 2.26. The Hall–Kier alpha value is -1.77. The van der Waals surface area contributed by atoms with Gasteiger partial charge in [0.1, 0.15) is 0 Å². The van der Waals surface area contributed by atoms with Gasteiger partial charge in [0.25, 0.3) is 0 Å². The standard InChI is InChI=1S/C11H13N3/c1-2-10-11(14-7-13-10)8-3-5-9(12)6-4-8/h3-7H,2,12H2,1H3,(H,13,14). The number of nitrogens with two attached hydrogens (primary N) is 1. The average molecular weight is 187 g/mol. The Kier molecular flexibility index (Phi) is 2.23. The summed E-state index contributed by atoms with van der Waals surface area (Å²) in [4.78, 5) is 7.42. The lowest BCUT2D eigenvalue weighted by Crippen LogP contribution is -1.87. The quantitative estimate of drug-likeness (QED) is 0.708. The molecule has 2 rings (SSSR count). The van der Waals surface area contributed by atoms with Crippen LogP contribution in [0, 0.1) is 0 Å². The monoisotopic (exact) mass is 187 g/mol. The average Bonchev–Trinajstić information content (AvgIpc) is 2.67. The Morgan fingerprint density at radius 2 is 2.00 bits per heavy atom. The van der Waals surface area contributed by atoms with Crippen LogP contribution in [0.25, 0.3) is 11.3 Å². The molecule has 0 aliphatic heterocycles. The van der Waals surface area contributed by atoms with Gasteiger partial charge in [0.15, 0.2) is 0 Å². The van der Waals surface area contributed by atoms with Gasteiger partial charge in [-0.3, -0.25) is 0 Å². The summed E-state index contributed by atoms with van der Waals surface area (Å²) < 4.78 is 0. The minimum absolute atomic E-state index is 0.780. The van der Waals surface area contributed by atoms with Crippen molar-refractivity contribution in [2.24, 2.45) is 0 Å². The number of H-pyrrole nitrogens is 1. The molecule has 0 atom stereocenters. The van der Waals surface area contributed by atoms with Gasteiger partial charge < -0.3 is 10.7 Å². The molecule has 0 aliphatic carbocycles.